The lowest BCUT2D eigenvalue weighted by molar-refractivity contribution is 0.101. The van der Waals surface area contributed by atoms with Crippen molar-refractivity contribution in [2.45, 2.75) is 37.6 Å². The number of halogens is 1. The minimum absolute atomic E-state index is 0.0462. The molecule has 0 bridgehead atoms. The largest absolute Gasteiger partial charge is 0.332 e. The molecule has 176 valence electrons. The molecule has 0 saturated heterocycles. The highest BCUT2D eigenvalue weighted by atomic mass is 32.2. The smallest absolute Gasteiger partial charge is 0.264 e. The molecule has 3 aromatic rings. The number of fused-ring (bicyclic) bond motifs is 1. The maximum absolute atomic E-state index is 13.7. The van der Waals surface area contributed by atoms with Gasteiger partial charge in [0.05, 0.1) is 10.6 Å². The van der Waals surface area contributed by atoms with Crippen LogP contribution in [0.3, 0.4) is 0 Å². The van der Waals surface area contributed by atoms with Gasteiger partial charge < -0.3 is 10.6 Å². The summed E-state index contributed by atoms with van der Waals surface area (Å²) in [6, 6.07) is 17.2. The number of Topliss-reactive ketones (excluding diaryl/α,β-unsaturated/α-hetero) is 1. The zero-order valence-corrected chi connectivity index (χ0v) is 20.3. The molecule has 0 unspecified atom stereocenters. The van der Waals surface area contributed by atoms with E-state index in [2.05, 4.69) is 10.6 Å². The maximum atomic E-state index is 13.7. The molecule has 0 saturated carbocycles. The summed E-state index contributed by atoms with van der Waals surface area (Å²) in [5.74, 6) is -0.422. The molecule has 1 aliphatic heterocycles. The average molecular weight is 498 g/mol. The summed E-state index contributed by atoms with van der Waals surface area (Å²) in [5.41, 5.74) is 3.04. The van der Waals surface area contributed by atoms with Crippen molar-refractivity contribution in [2.75, 3.05) is 14.9 Å². The van der Waals surface area contributed by atoms with Gasteiger partial charge in [-0.3, -0.25) is 9.10 Å². The van der Waals surface area contributed by atoms with Crippen LogP contribution in [-0.2, 0) is 16.4 Å². The summed E-state index contributed by atoms with van der Waals surface area (Å²) in [6.45, 7) is 3.35. The normalized spacial score (nSPS) is 15.4. The van der Waals surface area contributed by atoms with Crippen LogP contribution in [0.15, 0.2) is 71.6 Å². The molecule has 0 aromatic heterocycles. The fourth-order valence-corrected chi connectivity index (χ4v) is 5.95. The van der Waals surface area contributed by atoms with Crippen LogP contribution in [-0.4, -0.2) is 25.4 Å². The second-order valence-corrected chi connectivity index (χ2v) is 10.4. The summed E-state index contributed by atoms with van der Waals surface area (Å²) in [7, 11) is -3.84. The number of nitrogens with zero attached hydrogens (tertiary/aromatic N) is 1. The Kier molecular flexibility index (Phi) is 6.67. The zero-order valence-electron chi connectivity index (χ0n) is 18.7. The third-order valence-corrected chi connectivity index (χ3v) is 7.85. The van der Waals surface area contributed by atoms with Crippen molar-refractivity contribution in [1.82, 2.24) is 0 Å². The molecular weight excluding hydrogens is 473 g/mol. The van der Waals surface area contributed by atoms with Crippen LogP contribution in [0.1, 0.15) is 36.2 Å². The van der Waals surface area contributed by atoms with Crippen LogP contribution in [0.4, 0.5) is 21.5 Å². The van der Waals surface area contributed by atoms with Crippen LogP contribution >= 0.6 is 12.2 Å². The van der Waals surface area contributed by atoms with E-state index in [1.165, 1.54) is 41.6 Å². The number of carbonyl (C=O) groups excluding carboxylic acids is 1. The zero-order chi connectivity index (χ0) is 24.5. The Morgan fingerprint density at radius 1 is 1.03 bits per heavy atom. The van der Waals surface area contributed by atoms with E-state index in [-0.39, 0.29) is 22.5 Å². The molecule has 1 heterocycles. The Bertz CT molecular complexity index is 1360. The summed E-state index contributed by atoms with van der Waals surface area (Å²) in [6.07, 6.45) is 1.24. The first kappa shape index (κ1) is 23.8. The molecule has 34 heavy (non-hydrogen) atoms. The van der Waals surface area contributed by atoms with E-state index in [0.717, 1.165) is 0 Å². The topological polar surface area (TPSA) is 78.5 Å². The fraction of sp³-hybridized carbons (Fsp3) is 0.200. The number of carbonyl (C=O) groups is 1. The number of ketones is 1. The lowest BCUT2D eigenvalue weighted by atomic mass is 9.99. The van der Waals surface area contributed by atoms with Crippen molar-refractivity contribution in [1.29, 1.82) is 0 Å². The van der Waals surface area contributed by atoms with Crippen molar-refractivity contribution in [3.05, 3.63) is 83.7 Å². The van der Waals surface area contributed by atoms with Gasteiger partial charge in [0.25, 0.3) is 10.0 Å². The third-order valence-electron chi connectivity index (χ3n) is 5.71. The molecule has 1 atom stereocenters. The summed E-state index contributed by atoms with van der Waals surface area (Å²) >= 11 is 5.34. The fourth-order valence-electron chi connectivity index (χ4n) is 3.99. The van der Waals surface area contributed by atoms with Gasteiger partial charge in [-0.25, -0.2) is 12.8 Å². The number of anilines is 3. The van der Waals surface area contributed by atoms with Gasteiger partial charge in [-0.05, 0) is 99.1 Å². The number of hydrogen-bond acceptors (Lipinski definition) is 4. The Hall–Kier alpha value is -3.30. The van der Waals surface area contributed by atoms with Crippen molar-refractivity contribution < 1.29 is 17.6 Å². The van der Waals surface area contributed by atoms with Gasteiger partial charge in [-0.15, -0.1) is 0 Å². The maximum Gasteiger partial charge on any atom is 0.264 e. The van der Waals surface area contributed by atoms with Gasteiger partial charge in [0.2, 0.25) is 0 Å². The Morgan fingerprint density at radius 2 is 1.74 bits per heavy atom. The third kappa shape index (κ3) is 4.95. The van der Waals surface area contributed by atoms with Gasteiger partial charge >= 0.3 is 0 Å². The number of rotatable bonds is 5. The monoisotopic (exact) mass is 497 g/mol. The van der Waals surface area contributed by atoms with Gasteiger partial charge in [0, 0.05) is 23.0 Å². The lowest BCUT2D eigenvalue weighted by Crippen LogP contribution is -2.42. The van der Waals surface area contributed by atoms with Crippen molar-refractivity contribution in [2.24, 2.45) is 0 Å². The van der Waals surface area contributed by atoms with Crippen LogP contribution in [0, 0.1) is 5.82 Å². The lowest BCUT2D eigenvalue weighted by Gasteiger charge is -2.36. The molecule has 0 aliphatic carbocycles. The van der Waals surface area contributed by atoms with Gasteiger partial charge in [0.15, 0.2) is 10.9 Å². The van der Waals surface area contributed by atoms with E-state index in [4.69, 9.17) is 12.2 Å². The first-order valence-electron chi connectivity index (χ1n) is 10.8. The van der Waals surface area contributed by atoms with E-state index in [1.54, 1.807) is 36.4 Å². The Labute approximate surface area is 203 Å². The summed E-state index contributed by atoms with van der Waals surface area (Å²) < 4.78 is 42.0. The Balaban J connectivity index is 1.51. The summed E-state index contributed by atoms with van der Waals surface area (Å²) in [5, 5.41) is 6.33. The van der Waals surface area contributed by atoms with Gasteiger partial charge in [-0.2, -0.15) is 0 Å². The number of sulfonamides is 1. The SMILES string of the molecule is CC(=O)c1cccc(NC(=S)Nc2ccc(S(=O)(=O)N3c4ccc(F)cc4CC[C@H]3C)cc2)c1. The number of aryl methyl sites for hydroxylation is 1. The number of thiocarbonyl (C=S) groups is 1. The minimum atomic E-state index is -3.84. The molecule has 4 rings (SSSR count). The highest BCUT2D eigenvalue weighted by molar-refractivity contribution is 7.92. The van der Waals surface area contributed by atoms with E-state index in [0.29, 0.717) is 46.1 Å². The van der Waals surface area contributed by atoms with Crippen molar-refractivity contribution in [3.63, 3.8) is 0 Å². The molecule has 0 radical (unpaired) electrons. The van der Waals surface area contributed by atoms with Gasteiger partial charge in [-0.1, -0.05) is 12.1 Å². The predicted octanol–water partition coefficient (Wildman–Crippen LogP) is 5.37. The highest BCUT2D eigenvalue weighted by Gasteiger charge is 2.34. The molecule has 0 spiro atoms. The Morgan fingerprint density at radius 3 is 2.44 bits per heavy atom. The van der Waals surface area contributed by atoms with Crippen LogP contribution in [0.2, 0.25) is 0 Å². The number of benzene rings is 3. The minimum Gasteiger partial charge on any atom is -0.332 e. The second kappa shape index (κ2) is 9.52. The molecule has 2 N–H and O–H groups in total. The second-order valence-electron chi connectivity index (χ2n) is 8.20. The molecule has 3 aromatic carbocycles. The van der Waals surface area contributed by atoms with Crippen LogP contribution < -0.4 is 14.9 Å². The first-order chi connectivity index (χ1) is 16.1. The number of hydrogen-bond donors (Lipinski definition) is 2. The highest BCUT2D eigenvalue weighted by Crippen LogP contribution is 2.36. The van der Waals surface area contributed by atoms with E-state index in [9.17, 15) is 17.6 Å². The molecule has 0 amide bonds. The van der Waals surface area contributed by atoms with Crippen molar-refractivity contribution in [3.8, 4) is 0 Å². The van der Waals surface area contributed by atoms with Crippen LogP contribution in [0.5, 0.6) is 0 Å². The number of nitrogens with one attached hydrogen (secondary N) is 2. The van der Waals surface area contributed by atoms with E-state index in [1.807, 2.05) is 6.92 Å². The van der Waals surface area contributed by atoms with E-state index >= 15 is 0 Å². The first-order valence-corrected chi connectivity index (χ1v) is 12.6. The average Bonchev–Trinajstić information content (AvgIpc) is 2.79. The summed E-state index contributed by atoms with van der Waals surface area (Å²) in [4.78, 5) is 11.7. The molecule has 9 heteroatoms. The molecular formula is C25H24FN3O3S2. The predicted molar refractivity (Wildman–Crippen MR) is 137 cm³/mol. The quantitative estimate of drug-likeness (QED) is 0.365. The molecule has 1 aliphatic rings. The van der Waals surface area contributed by atoms with E-state index < -0.39 is 10.0 Å². The van der Waals surface area contributed by atoms with Crippen LogP contribution in [0.25, 0.3) is 0 Å². The molecule has 6 nitrogen and oxygen atoms in total. The standard InChI is InChI=1S/C25H24FN3O3S2/c1-16-6-7-19-14-20(26)8-13-24(19)29(16)34(31,32)23-11-9-21(10-12-23)27-25(33)28-22-5-3-4-18(15-22)17(2)30/h3-5,8-16H,6-7H2,1-2H3,(H2,27,28,33)/t16-/m1/s1. The van der Waals surface area contributed by atoms with Crippen molar-refractivity contribution >= 4 is 50.2 Å². The van der Waals surface area contributed by atoms with Gasteiger partial charge in [0.1, 0.15) is 5.82 Å². The molecule has 0 fully saturated rings.